The molecule has 4 nitrogen and oxygen atoms in total. The molecule has 1 aromatic heterocycles. The Hall–Kier alpha value is -0.580. The highest BCUT2D eigenvalue weighted by atomic mass is 35.5. The van der Waals surface area contributed by atoms with Crippen LogP contribution in [0.2, 0.25) is 5.02 Å². The van der Waals surface area contributed by atoms with Crippen LogP contribution in [0.25, 0.3) is 0 Å². The molecule has 20 heavy (non-hydrogen) atoms. The minimum atomic E-state index is 0.266. The number of aromatic nitrogens is 2. The van der Waals surface area contributed by atoms with E-state index in [2.05, 4.69) is 17.3 Å². The van der Waals surface area contributed by atoms with Crippen LogP contribution in [0.4, 0.5) is 0 Å². The highest BCUT2D eigenvalue weighted by Crippen LogP contribution is 2.50. The second-order valence-corrected chi connectivity index (χ2v) is 6.15. The molecular formula is C15H26ClN3O. The molecule has 114 valence electrons. The maximum Gasteiger partial charge on any atom is 0.0834 e. The molecule has 0 spiro atoms. The van der Waals surface area contributed by atoms with Gasteiger partial charge in [0.25, 0.3) is 0 Å². The van der Waals surface area contributed by atoms with Crippen LogP contribution in [0.5, 0.6) is 0 Å². The summed E-state index contributed by atoms with van der Waals surface area (Å²) in [6.07, 6.45) is 8.09. The van der Waals surface area contributed by atoms with Gasteiger partial charge in [-0.2, -0.15) is 5.10 Å². The lowest BCUT2D eigenvalue weighted by Gasteiger charge is -2.37. The first-order valence-corrected chi connectivity index (χ1v) is 7.93. The third-order valence-electron chi connectivity index (χ3n) is 4.82. The average Bonchev–Trinajstić information content (AvgIpc) is 3.07. The van der Waals surface area contributed by atoms with Crippen molar-refractivity contribution in [2.75, 3.05) is 20.8 Å². The summed E-state index contributed by atoms with van der Waals surface area (Å²) in [6, 6.07) is 0.266. The molecule has 1 heterocycles. The van der Waals surface area contributed by atoms with Gasteiger partial charge in [0, 0.05) is 7.11 Å². The van der Waals surface area contributed by atoms with Crippen LogP contribution in [-0.2, 0) is 11.3 Å². The van der Waals surface area contributed by atoms with Gasteiger partial charge < -0.3 is 10.1 Å². The number of nitrogens with zero attached hydrogens (tertiary/aromatic N) is 2. The smallest absolute Gasteiger partial charge is 0.0834 e. The fourth-order valence-electron chi connectivity index (χ4n) is 3.67. The van der Waals surface area contributed by atoms with Gasteiger partial charge in [-0.1, -0.05) is 31.4 Å². The molecular weight excluding hydrogens is 274 g/mol. The molecule has 0 amide bonds. The molecule has 1 fully saturated rings. The van der Waals surface area contributed by atoms with E-state index in [0.717, 1.165) is 17.3 Å². The highest BCUT2D eigenvalue weighted by molar-refractivity contribution is 6.31. The third-order valence-corrected chi connectivity index (χ3v) is 5.11. The lowest BCUT2D eigenvalue weighted by Crippen LogP contribution is -2.36. The highest BCUT2D eigenvalue weighted by Gasteiger charge is 2.42. The maximum absolute atomic E-state index is 6.43. The molecule has 0 radical (unpaired) electrons. The van der Waals surface area contributed by atoms with Crippen molar-refractivity contribution in [1.29, 1.82) is 0 Å². The van der Waals surface area contributed by atoms with Gasteiger partial charge in [0.2, 0.25) is 0 Å². The number of ether oxygens (including phenoxy) is 1. The average molecular weight is 300 g/mol. The predicted octanol–water partition coefficient (Wildman–Crippen LogP) is 3.41. The SMILES string of the molecule is CCC1(C(NC)c2c(Cl)cnn2CCOC)CCCC1. The first-order chi connectivity index (χ1) is 9.68. The van der Waals surface area contributed by atoms with Crippen LogP contribution in [0, 0.1) is 5.41 Å². The largest absolute Gasteiger partial charge is 0.383 e. The van der Waals surface area contributed by atoms with Gasteiger partial charge in [-0.15, -0.1) is 0 Å². The Kier molecular flexibility index (Phi) is 5.47. The van der Waals surface area contributed by atoms with Gasteiger partial charge in [-0.3, -0.25) is 4.68 Å². The molecule has 0 bridgehead atoms. The minimum Gasteiger partial charge on any atom is -0.383 e. The summed E-state index contributed by atoms with van der Waals surface area (Å²) in [4.78, 5) is 0. The number of hydrogen-bond acceptors (Lipinski definition) is 3. The fraction of sp³-hybridized carbons (Fsp3) is 0.800. The maximum atomic E-state index is 6.43. The monoisotopic (exact) mass is 299 g/mol. The van der Waals surface area contributed by atoms with E-state index in [0.29, 0.717) is 12.0 Å². The van der Waals surface area contributed by atoms with Crippen LogP contribution in [0.15, 0.2) is 6.20 Å². The first-order valence-electron chi connectivity index (χ1n) is 7.56. The van der Waals surface area contributed by atoms with E-state index in [4.69, 9.17) is 16.3 Å². The van der Waals surface area contributed by atoms with Gasteiger partial charge in [0.1, 0.15) is 0 Å². The summed E-state index contributed by atoms with van der Waals surface area (Å²) in [5.74, 6) is 0. The Morgan fingerprint density at radius 1 is 1.50 bits per heavy atom. The van der Waals surface area contributed by atoms with E-state index >= 15 is 0 Å². The second kappa shape index (κ2) is 6.92. The summed E-state index contributed by atoms with van der Waals surface area (Å²) < 4.78 is 7.18. The van der Waals surface area contributed by atoms with Crippen molar-refractivity contribution < 1.29 is 4.74 Å². The summed E-state index contributed by atoms with van der Waals surface area (Å²) in [5, 5.41) is 8.70. The molecule has 1 atom stereocenters. The van der Waals surface area contributed by atoms with Crippen molar-refractivity contribution in [2.24, 2.45) is 5.41 Å². The molecule has 1 aliphatic carbocycles. The lowest BCUT2D eigenvalue weighted by atomic mass is 9.75. The number of halogens is 1. The number of rotatable bonds is 7. The Labute approximate surface area is 126 Å². The quantitative estimate of drug-likeness (QED) is 0.838. The van der Waals surface area contributed by atoms with E-state index < -0.39 is 0 Å². The summed E-state index contributed by atoms with van der Waals surface area (Å²) in [7, 11) is 3.75. The van der Waals surface area contributed by atoms with Crippen LogP contribution in [-0.4, -0.2) is 30.5 Å². The van der Waals surface area contributed by atoms with Crippen molar-refractivity contribution >= 4 is 11.6 Å². The van der Waals surface area contributed by atoms with E-state index in [9.17, 15) is 0 Å². The van der Waals surface area contributed by atoms with E-state index in [1.54, 1.807) is 13.3 Å². The molecule has 2 rings (SSSR count). The molecule has 0 aromatic carbocycles. The van der Waals surface area contributed by atoms with Gasteiger partial charge >= 0.3 is 0 Å². The molecule has 1 aromatic rings. The predicted molar refractivity (Wildman–Crippen MR) is 82.1 cm³/mol. The minimum absolute atomic E-state index is 0.266. The topological polar surface area (TPSA) is 39.1 Å². The van der Waals surface area contributed by atoms with Crippen molar-refractivity contribution in [1.82, 2.24) is 15.1 Å². The summed E-state index contributed by atoms with van der Waals surface area (Å²) >= 11 is 6.43. The Bertz CT molecular complexity index is 427. The van der Waals surface area contributed by atoms with Crippen LogP contribution >= 0.6 is 11.6 Å². The van der Waals surface area contributed by atoms with Gasteiger partial charge in [-0.25, -0.2) is 0 Å². The molecule has 0 aliphatic heterocycles. The van der Waals surface area contributed by atoms with Crippen molar-refractivity contribution in [3.05, 3.63) is 16.9 Å². The standard InChI is InChI=1S/C15H26ClN3O/c1-4-15(7-5-6-8-15)14(17-2)13-12(16)11-18-19(13)9-10-20-3/h11,14,17H,4-10H2,1-3H3. The van der Waals surface area contributed by atoms with Crippen molar-refractivity contribution in [3.63, 3.8) is 0 Å². The number of nitrogens with one attached hydrogen (secondary N) is 1. The van der Waals surface area contributed by atoms with Gasteiger partial charge in [-0.05, 0) is 31.7 Å². The molecule has 1 N–H and O–H groups in total. The van der Waals surface area contributed by atoms with Crippen molar-refractivity contribution in [2.45, 2.75) is 51.6 Å². The number of methoxy groups -OCH3 is 1. The fourth-order valence-corrected chi connectivity index (χ4v) is 3.92. The van der Waals surface area contributed by atoms with Crippen LogP contribution in [0.1, 0.15) is 50.8 Å². The third kappa shape index (κ3) is 2.87. The van der Waals surface area contributed by atoms with E-state index in [-0.39, 0.29) is 6.04 Å². The second-order valence-electron chi connectivity index (χ2n) is 5.74. The van der Waals surface area contributed by atoms with Crippen molar-refractivity contribution in [3.8, 4) is 0 Å². The van der Waals surface area contributed by atoms with E-state index in [1.165, 1.54) is 32.1 Å². The zero-order valence-electron chi connectivity index (χ0n) is 12.8. The van der Waals surface area contributed by atoms with E-state index in [1.807, 2.05) is 11.7 Å². The van der Waals surface area contributed by atoms with Gasteiger partial charge in [0.05, 0.1) is 36.1 Å². The summed E-state index contributed by atoms with van der Waals surface area (Å²) in [5.41, 5.74) is 1.43. The molecule has 1 saturated carbocycles. The molecule has 1 aliphatic rings. The zero-order chi connectivity index (χ0) is 14.6. The van der Waals surface area contributed by atoms with Crippen LogP contribution < -0.4 is 5.32 Å². The molecule has 1 unspecified atom stereocenters. The molecule has 5 heteroatoms. The Morgan fingerprint density at radius 3 is 2.75 bits per heavy atom. The Balaban J connectivity index is 2.33. The lowest BCUT2D eigenvalue weighted by molar-refractivity contribution is 0.166. The number of hydrogen-bond donors (Lipinski definition) is 1. The first kappa shape index (κ1) is 15.8. The van der Waals surface area contributed by atoms with Crippen LogP contribution in [0.3, 0.4) is 0 Å². The van der Waals surface area contributed by atoms with Gasteiger partial charge in [0.15, 0.2) is 0 Å². The Morgan fingerprint density at radius 2 is 2.20 bits per heavy atom. The normalized spacial score (nSPS) is 19.4. The zero-order valence-corrected chi connectivity index (χ0v) is 13.5. The molecule has 0 saturated heterocycles. The summed E-state index contributed by atoms with van der Waals surface area (Å²) in [6.45, 7) is 3.69.